The van der Waals surface area contributed by atoms with Crippen molar-refractivity contribution in [2.45, 2.75) is 45.2 Å². The summed E-state index contributed by atoms with van der Waals surface area (Å²) in [5, 5.41) is 9.17. The minimum Gasteiger partial charge on any atom is -0.355 e. The van der Waals surface area contributed by atoms with Gasteiger partial charge in [0.1, 0.15) is 0 Å². The average molecular weight is 366 g/mol. The van der Waals surface area contributed by atoms with Crippen molar-refractivity contribution in [3.8, 4) is 0 Å². The predicted octanol–water partition coefficient (Wildman–Crippen LogP) is 2.78. The van der Waals surface area contributed by atoms with Crippen molar-refractivity contribution >= 4 is 17.3 Å². The molecule has 2 unspecified atom stereocenters. The van der Waals surface area contributed by atoms with Crippen LogP contribution in [0.2, 0.25) is 0 Å². The molecular formula is C19H35N5S. The molecule has 1 aromatic heterocycles. The zero-order chi connectivity index (χ0) is 18.1. The Morgan fingerprint density at radius 2 is 2.12 bits per heavy atom. The number of guanidine groups is 1. The van der Waals surface area contributed by atoms with Gasteiger partial charge in [0.2, 0.25) is 0 Å². The molecule has 2 heterocycles. The largest absolute Gasteiger partial charge is 0.355 e. The van der Waals surface area contributed by atoms with E-state index in [0.29, 0.717) is 12.1 Å². The molecule has 1 saturated heterocycles. The summed E-state index contributed by atoms with van der Waals surface area (Å²) in [4.78, 5) is 10.8. The molecule has 25 heavy (non-hydrogen) atoms. The molecule has 6 heteroatoms. The van der Waals surface area contributed by atoms with Gasteiger partial charge in [-0.25, -0.2) is 0 Å². The molecule has 0 spiro atoms. The molecule has 0 aliphatic carbocycles. The lowest BCUT2D eigenvalue weighted by Gasteiger charge is -2.28. The van der Waals surface area contributed by atoms with Crippen molar-refractivity contribution in [1.82, 2.24) is 20.4 Å². The molecule has 0 radical (unpaired) electrons. The predicted molar refractivity (Wildman–Crippen MR) is 110 cm³/mol. The third kappa shape index (κ3) is 6.28. The van der Waals surface area contributed by atoms with Crippen LogP contribution in [0.5, 0.6) is 0 Å². The molecule has 0 bridgehead atoms. The van der Waals surface area contributed by atoms with E-state index in [1.165, 1.54) is 37.2 Å². The summed E-state index contributed by atoms with van der Waals surface area (Å²) in [7, 11) is 4.04. The third-order valence-electron chi connectivity index (χ3n) is 5.24. The Labute approximate surface area is 157 Å². The lowest BCUT2D eigenvalue weighted by Crippen LogP contribution is -2.45. The van der Waals surface area contributed by atoms with Crippen LogP contribution in [0.3, 0.4) is 0 Å². The number of likely N-dealkylation sites (N-methyl/N-ethyl adjacent to an activating group) is 1. The second-order valence-corrected chi connectivity index (χ2v) is 7.87. The van der Waals surface area contributed by atoms with Crippen molar-refractivity contribution in [2.75, 3.05) is 46.8 Å². The SMILES string of the molecule is CCC(C)N(C)CCNC(=NC)NCC(c1cccs1)N1CCCC1. The van der Waals surface area contributed by atoms with Crippen LogP contribution in [-0.4, -0.2) is 68.6 Å². The average Bonchev–Trinajstić information content (AvgIpc) is 3.33. The van der Waals surface area contributed by atoms with Gasteiger partial charge in [-0.1, -0.05) is 13.0 Å². The van der Waals surface area contributed by atoms with Crippen LogP contribution in [0, 0.1) is 0 Å². The summed E-state index contributed by atoms with van der Waals surface area (Å²) in [6, 6.07) is 5.48. The minimum absolute atomic E-state index is 0.448. The number of hydrogen-bond donors (Lipinski definition) is 2. The topological polar surface area (TPSA) is 42.9 Å². The number of likely N-dealkylation sites (tertiary alicyclic amines) is 1. The summed E-state index contributed by atoms with van der Waals surface area (Å²) in [5.41, 5.74) is 0. The van der Waals surface area contributed by atoms with Crippen LogP contribution in [0.25, 0.3) is 0 Å². The summed E-state index contributed by atoms with van der Waals surface area (Å²) < 4.78 is 0. The molecular weight excluding hydrogens is 330 g/mol. The zero-order valence-electron chi connectivity index (χ0n) is 16.3. The van der Waals surface area contributed by atoms with E-state index in [-0.39, 0.29) is 0 Å². The molecule has 142 valence electrons. The lowest BCUT2D eigenvalue weighted by molar-refractivity contribution is 0.247. The van der Waals surface area contributed by atoms with Gasteiger partial charge in [-0.05, 0) is 57.8 Å². The van der Waals surface area contributed by atoms with Gasteiger partial charge in [-0.15, -0.1) is 11.3 Å². The zero-order valence-corrected chi connectivity index (χ0v) is 17.1. The van der Waals surface area contributed by atoms with Crippen LogP contribution < -0.4 is 10.6 Å². The summed E-state index contributed by atoms with van der Waals surface area (Å²) in [6.07, 6.45) is 3.81. The van der Waals surface area contributed by atoms with Crippen LogP contribution in [-0.2, 0) is 0 Å². The van der Waals surface area contributed by atoms with E-state index in [9.17, 15) is 0 Å². The first-order valence-electron chi connectivity index (χ1n) is 9.58. The maximum atomic E-state index is 4.39. The number of hydrogen-bond acceptors (Lipinski definition) is 4. The molecule has 2 N–H and O–H groups in total. The van der Waals surface area contributed by atoms with E-state index < -0.39 is 0 Å². The highest BCUT2D eigenvalue weighted by atomic mass is 32.1. The quantitative estimate of drug-likeness (QED) is 0.522. The van der Waals surface area contributed by atoms with Crippen molar-refractivity contribution in [3.63, 3.8) is 0 Å². The number of aliphatic imine (C=N–C) groups is 1. The van der Waals surface area contributed by atoms with Crippen molar-refractivity contribution < 1.29 is 0 Å². The Balaban J connectivity index is 1.81. The van der Waals surface area contributed by atoms with Gasteiger partial charge < -0.3 is 15.5 Å². The molecule has 0 aromatic carbocycles. The monoisotopic (exact) mass is 365 g/mol. The summed E-state index contributed by atoms with van der Waals surface area (Å²) >= 11 is 1.86. The van der Waals surface area contributed by atoms with Crippen molar-refractivity contribution in [2.24, 2.45) is 4.99 Å². The maximum Gasteiger partial charge on any atom is 0.191 e. The van der Waals surface area contributed by atoms with Gasteiger partial charge in [0.15, 0.2) is 5.96 Å². The Morgan fingerprint density at radius 1 is 1.36 bits per heavy atom. The molecule has 1 aliphatic rings. The first-order valence-corrected chi connectivity index (χ1v) is 10.5. The summed E-state index contributed by atoms with van der Waals surface area (Å²) in [6.45, 7) is 9.75. The fraction of sp³-hybridized carbons (Fsp3) is 0.737. The van der Waals surface area contributed by atoms with Crippen LogP contribution >= 0.6 is 11.3 Å². The van der Waals surface area contributed by atoms with E-state index in [1.54, 1.807) is 0 Å². The molecule has 2 atom stereocenters. The number of nitrogens with zero attached hydrogens (tertiary/aromatic N) is 3. The van der Waals surface area contributed by atoms with Gasteiger partial charge in [-0.2, -0.15) is 0 Å². The Morgan fingerprint density at radius 3 is 2.72 bits per heavy atom. The lowest BCUT2D eigenvalue weighted by atomic mass is 10.2. The van der Waals surface area contributed by atoms with Gasteiger partial charge in [-0.3, -0.25) is 9.89 Å². The van der Waals surface area contributed by atoms with Gasteiger partial charge in [0.05, 0.1) is 6.04 Å². The van der Waals surface area contributed by atoms with Crippen molar-refractivity contribution in [1.29, 1.82) is 0 Å². The molecule has 0 amide bonds. The first-order chi connectivity index (χ1) is 12.2. The van der Waals surface area contributed by atoms with Crippen LogP contribution in [0.1, 0.15) is 44.0 Å². The molecule has 0 saturated carbocycles. The van der Waals surface area contributed by atoms with E-state index >= 15 is 0 Å². The van der Waals surface area contributed by atoms with Crippen LogP contribution in [0.15, 0.2) is 22.5 Å². The maximum absolute atomic E-state index is 4.39. The number of thiophene rings is 1. The van der Waals surface area contributed by atoms with Crippen molar-refractivity contribution in [3.05, 3.63) is 22.4 Å². The standard InChI is InChI=1S/C19H35N5S/c1-5-16(2)23(4)13-10-21-19(20-3)22-15-17(18-9-8-14-25-18)24-11-6-7-12-24/h8-9,14,16-17H,5-7,10-13,15H2,1-4H3,(H2,20,21,22). The Bertz CT molecular complexity index is 496. The molecule has 1 aliphatic heterocycles. The first kappa shape index (κ1) is 20.2. The second kappa shape index (κ2) is 10.8. The smallest absolute Gasteiger partial charge is 0.191 e. The molecule has 5 nitrogen and oxygen atoms in total. The highest BCUT2D eigenvalue weighted by molar-refractivity contribution is 7.10. The minimum atomic E-state index is 0.448. The van der Waals surface area contributed by atoms with E-state index in [1.807, 2.05) is 18.4 Å². The Kier molecular flexibility index (Phi) is 8.72. The molecule has 1 fully saturated rings. The van der Waals surface area contributed by atoms with E-state index in [2.05, 4.69) is 63.8 Å². The summed E-state index contributed by atoms with van der Waals surface area (Å²) in [5.74, 6) is 0.901. The highest BCUT2D eigenvalue weighted by Gasteiger charge is 2.24. The third-order valence-corrected chi connectivity index (χ3v) is 6.21. The second-order valence-electron chi connectivity index (χ2n) is 6.89. The fourth-order valence-corrected chi connectivity index (χ4v) is 4.10. The molecule has 1 aromatic rings. The highest BCUT2D eigenvalue weighted by Crippen LogP contribution is 2.27. The van der Waals surface area contributed by atoms with Gasteiger partial charge >= 0.3 is 0 Å². The van der Waals surface area contributed by atoms with Gasteiger partial charge in [0.25, 0.3) is 0 Å². The van der Waals surface area contributed by atoms with Crippen LogP contribution in [0.4, 0.5) is 0 Å². The normalized spacial score (nSPS) is 18.5. The fourth-order valence-electron chi connectivity index (χ4n) is 3.24. The van der Waals surface area contributed by atoms with E-state index in [4.69, 9.17) is 0 Å². The van der Waals surface area contributed by atoms with E-state index in [0.717, 1.165) is 25.6 Å². The number of rotatable bonds is 9. The number of nitrogens with one attached hydrogen (secondary N) is 2. The molecule has 2 rings (SSSR count). The van der Waals surface area contributed by atoms with Gasteiger partial charge in [0, 0.05) is 37.6 Å². The Hall–Kier alpha value is -1.11.